The van der Waals surface area contributed by atoms with E-state index in [1.807, 2.05) is 0 Å². The Morgan fingerprint density at radius 3 is 3.05 bits per heavy atom. The summed E-state index contributed by atoms with van der Waals surface area (Å²) in [7, 11) is 0. The fourth-order valence-electron chi connectivity index (χ4n) is 3.40. The molecule has 0 bridgehead atoms. The molecular weight excluding hydrogens is 236 g/mol. The summed E-state index contributed by atoms with van der Waals surface area (Å²) in [6.07, 6.45) is 5.04. The third-order valence-electron chi connectivity index (χ3n) is 4.37. The molecule has 1 aliphatic carbocycles. The van der Waals surface area contributed by atoms with Gasteiger partial charge in [0.15, 0.2) is 0 Å². The molecule has 1 heterocycles. The van der Waals surface area contributed by atoms with Crippen LogP contribution in [0, 0.1) is 5.92 Å². The van der Waals surface area contributed by atoms with Gasteiger partial charge in [-0.15, -0.1) is 0 Å². The standard InChI is InChI=1S/C16H24N2O/c17-15-6-3-4-13(10-15)11-18-8-9-19-16-7-2-1-5-14(16)12-18/h1-2,5,7,13,15H,3-4,6,8-12,17H2. The third-order valence-corrected chi connectivity index (χ3v) is 4.37. The molecule has 1 aliphatic heterocycles. The van der Waals surface area contributed by atoms with Crippen molar-refractivity contribution in [2.75, 3.05) is 19.7 Å². The lowest BCUT2D eigenvalue weighted by Gasteiger charge is -2.31. The molecule has 0 saturated heterocycles. The van der Waals surface area contributed by atoms with E-state index >= 15 is 0 Å². The highest BCUT2D eigenvalue weighted by atomic mass is 16.5. The molecule has 2 N–H and O–H groups in total. The minimum Gasteiger partial charge on any atom is -0.492 e. The molecule has 2 unspecified atom stereocenters. The average molecular weight is 260 g/mol. The molecule has 0 aromatic heterocycles. The number of hydrogen-bond acceptors (Lipinski definition) is 3. The average Bonchev–Trinajstić information content (AvgIpc) is 2.60. The Labute approximate surface area is 115 Å². The molecule has 1 saturated carbocycles. The Balaban J connectivity index is 1.63. The van der Waals surface area contributed by atoms with Gasteiger partial charge in [0, 0.05) is 31.2 Å². The molecule has 2 aliphatic rings. The lowest BCUT2D eigenvalue weighted by molar-refractivity contribution is 0.172. The second-order valence-corrected chi connectivity index (χ2v) is 5.98. The summed E-state index contributed by atoms with van der Waals surface area (Å²) in [6, 6.07) is 8.83. The highest BCUT2D eigenvalue weighted by Gasteiger charge is 2.23. The molecule has 19 heavy (non-hydrogen) atoms. The Bertz CT molecular complexity index is 421. The Hall–Kier alpha value is -1.06. The van der Waals surface area contributed by atoms with E-state index in [0.29, 0.717) is 6.04 Å². The maximum absolute atomic E-state index is 6.09. The normalized spacial score (nSPS) is 28.3. The quantitative estimate of drug-likeness (QED) is 0.887. The van der Waals surface area contributed by atoms with Crippen LogP contribution in [0.3, 0.4) is 0 Å². The van der Waals surface area contributed by atoms with Gasteiger partial charge in [-0.3, -0.25) is 4.90 Å². The Kier molecular flexibility index (Phi) is 4.04. The maximum Gasteiger partial charge on any atom is 0.123 e. The maximum atomic E-state index is 6.09. The van der Waals surface area contributed by atoms with Crippen molar-refractivity contribution in [2.45, 2.75) is 38.3 Å². The molecular formula is C16H24N2O. The van der Waals surface area contributed by atoms with Gasteiger partial charge in [0.1, 0.15) is 12.4 Å². The van der Waals surface area contributed by atoms with Gasteiger partial charge in [0.2, 0.25) is 0 Å². The summed E-state index contributed by atoms with van der Waals surface area (Å²) < 4.78 is 5.82. The molecule has 1 aromatic carbocycles. The van der Waals surface area contributed by atoms with Gasteiger partial charge in [-0.25, -0.2) is 0 Å². The van der Waals surface area contributed by atoms with E-state index in [-0.39, 0.29) is 0 Å². The molecule has 0 amide bonds. The lowest BCUT2D eigenvalue weighted by atomic mass is 9.86. The summed E-state index contributed by atoms with van der Waals surface area (Å²) in [6.45, 7) is 4.02. The number of benzene rings is 1. The van der Waals surface area contributed by atoms with Crippen molar-refractivity contribution in [3.8, 4) is 5.75 Å². The van der Waals surface area contributed by atoms with Crippen molar-refractivity contribution in [2.24, 2.45) is 11.7 Å². The third kappa shape index (κ3) is 3.28. The number of para-hydroxylation sites is 1. The van der Waals surface area contributed by atoms with Crippen LogP contribution in [0.1, 0.15) is 31.2 Å². The van der Waals surface area contributed by atoms with Crippen molar-refractivity contribution in [1.82, 2.24) is 4.90 Å². The van der Waals surface area contributed by atoms with Crippen LogP contribution in [0.5, 0.6) is 5.75 Å². The summed E-state index contributed by atoms with van der Waals surface area (Å²) in [5.74, 6) is 1.83. The zero-order valence-electron chi connectivity index (χ0n) is 11.6. The van der Waals surface area contributed by atoms with Gasteiger partial charge >= 0.3 is 0 Å². The van der Waals surface area contributed by atoms with Crippen LogP contribution >= 0.6 is 0 Å². The van der Waals surface area contributed by atoms with Gasteiger partial charge in [0.05, 0.1) is 0 Å². The van der Waals surface area contributed by atoms with E-state index in [0.717, 1.165) is 31.4 Å². The molecule has 1 aromatic rings. The zero-order valence-corrected chi connectivity index (χ0v) is 11.6. The minimum absolute atomic E-state index is 0.425. The van der Waals surface area contributed by atoms with E-state index < -0.39 is 0 Å². The van der Waals surface area contributed by atoms with Gasteiger partial charge in [-0.05, 0) is 31.2 Å². The minimum atomic E-state index is 0.425. The summed E-state index contributed by atoms with van der Waals surface area (Å²) >= 11 is 0. The molecule has 2 atom stereocenters. The predicted octanol–water partition coefficient (Wildman–Crippen LogP) is 2.40. The summed E-state index contributed by atoms with van der Waals surface area (Å²) in [5.41, 5.74) is 7.41. The van der Waals surface area contributed by atoms with E-state index in [2.05, 4.69) is 29.2 Å². The highest BCUT2D eigenvalue weighted by Crippen LogP contribution is 2.27. The van der Waals surface area contributed by atoms with Crippen LogP contribution in [-0.2, 0) is 6.54 Å². The van der Waals surface area contributed by atoms with Gasteiger partial charge < -0.3 is 10.5 Å². The van der Waals surface area contributed by atoms with E-state index in [9.17, 15) is 0 Å². The first-order valence-electron chi connectivity index (χ1n) is 7.50. The van der Waals surface area contributed by atoms with Crippen LogP contribution in [0.15, 0.2) is 24.3 Å². The van der Waals surface area contributed by atoms with Crippen LogP contribution in [-0.4, -0.2) is 30.6 Å². The van der Waals surface area contributed by atoms with Crippen LogP contribution < -0.4 is 10.5 Å². The first kappa shape index (κ1) is 12.9. The number of nitrogens with zero attached hydrogens (tertiary/aromatic N) is 1. The van der Waals surface area contributed by atoms with Crippen molar-refractivity contribution >= 4 is 0 Å². The summed E-state index contributed by atoms with van der Waals surface area (Å²) in [4.78, 5) is 2.54. The largest absolute Gasteiger partial charge is 0.492 e. The smallest absolute Gasteiger partial charge is 0.123 e. The van der Waals surface area contributed by atoms with Crippen LogP contribution in [0.4, 0.5) is 0 Å². The molecule has 3 heteroatoms. The second kappa shape index (κ2) is 5.93. The first-order valence-corrected chi connectivity index (χ1v) is 7.50. The number of fused-ring (bicyclic) bond motifs is 1. The van der Waals surface area contributed by atoms with Gasteiger partial charge in [-0.2, -0.15) is 0 Å². The van der Waals surface area contributed by atoms with Crippen LogP contribution in [0.2, 0.25) is 0 Å². The summed E-state index contributed by atoms with van der Waals surface area (Å²) in [5, 5.41) is 0. The number of rotatable bonds is 2. The van der Waals surface area contributed by atoms with E-state index in [1.165, 1.54) is 37.8 Å². The molecule has 1 fully saturated rings. The SMILES string of the molecule is NC1CCCC(CN2CCOc3ccccc3C2)C1. The molecule has 104 valence electrons. The van der Waals surface area contributed by atoms with Crippen LogP contribution in [0.25, 0.3) is 0 Å². The topological polar surface area (TPSA) is 38.5 Å². The monoisotopic (exact) mass is 260 g/mol. The Morgan fingerprint density at radius 2 is 2.16 bits per heavy atom. The van der Waals surface area contributed by atoms with Gasteiger partial charge in [0.25, 0.3) is 0 Å². The molecule has 3 nitrogen and oxygen atoms in total. The number of hydrogen-bond donors (Lipinski definition) is 1. The predicted molar refractivity (Wildman–Crippen MR) is 77.1 cm³/mol. The van der Waals surface area contributed by atoms with Crippen molar-refractivity contribution < 1.29 is 4.74 Å². The molecule has 0 radical (unpaired) electrons. The molecule has 3 rings (SSSR count). The highest BCUT2D eigenvalue weighted by molar-refractivity contribution is 5.33. The van der Waals surface area contributed by atoms with E-state index in [1.54, 1.807) is 0 Å². The second-order valence-electron chi connectivity index (χ2n) is 5.98. The fourth-order valence-corrected chi connectivity index (χ4v) is 3.40. The lowest BCUT2D eigenvalue weighted by Crippen LogP contribution is -2.36. The van der Waals surface area contributed by atoms with Crippen molar-refractivity contribution in [1.29, 1.82) is 0 Å². The fraction of sp³-hybridized carbons (Fsp3) is 0.625. The Morgan fingerprint density at radius 1 is 1.26 bits per heavy atom. The van der Waals surface area contributed by atoms with Crippen molar-refractivity contribution in [3.05, 3.63) is 29.8 Å². The zero-order chi connectivity index (χ0) is 13.1. The first-order chi connectivity index (χ1) is 9.31. The van der Waals surface area contributed by atoms with E-state index in [4.69, 9.17) is 10.5 Å². The molecule has 0 spiro atoms. The number of nitrogens with two attached hydrogens (primary N) is 1. The van der Waals surface area contributed by atoms with Crippen molar-refractivity contribution in [3.63, 3.8) is 0 Å². The number of ether oxygens (including phenoxy) is 1. The van der Waals surface area contributed by atoms with Gasteiger partial charge in [-0.1, -0.05) is 24.6 Å².